The number of hydrogen-bond donors (Lipinski definition) is 0. The van der Waals surface area contributed by atoms with E-state index in [0.717, 1.165) is 0 Å². The van der Waals surface area contributed by atoms with E-state index in [-0.39, 0.29) is 23.4 Å². The first kappa shape index (κ1) is 12.8. The number of methoxy groups -OCH3 is 1. The lowest BCUT2D eigenvalue weighted by molar-refractivity contribution is -0.139. The predicted octanol–water partition coefficient (Wildman–Crippen LogP) is 1.46. The maximum Gasteiger partial charge on any atom is 0.311 e. The quantitative estimate of drug-likeness (QED) is 0.636. The highest BCUT2D eigenvalue weighted by Crippen LogP contribution is 2.14. The molecule has 1 aromatic heterocycles. The lowest BCUT2D eigenvalue weighted by Crippen LogP contribution is -2.24. The van der Waals surface area contributed by atoms with E-state index >= 15 is 0 Å². The normalized spacial score (nSPS) is 10.6. The molecule has 1 aromatic carbocycles. The number of benzene rings is 1. The Kier molecular flexibility index (Phi) is 3.76. The minimum atomic E-state index is -0.382. The summed E-state index contributed by atoms with van der Waals surface area (Å²) in [4.78, 5) is 23.4. The summed E-state index contributed by atoms with van der Waals surface area (Å²) in [5.74, 6) is -0.382. The fraction of sp³-hybridized carbons (Fsp3) is 0.250. The topological polar surface area (TPSA) is 61.2 Å². The summed E-state index contributed by atoms with van der Waals surface area (Å²) < 4.78 is 5.91. The van der Waals surface area contributed by atoms with Crippen molar-refractivity contribution < 1.29 is 9.53 Å². The van der Waals surface area contributed by atoms with Gasteiger partial charge in [-0.3, -0.25) is 9.59 Å². The van der Waals surface area contributed by atoms with Crippen LogP contribution in [0, 0.1) is 0 Å². The first-order valence-corrected chi connectivity index (χ1v) is 6.41. The van der Waals surface area contributed by atoms with E-state index in [4.69, 9.17) is 0 Å². The summed E-state index contributed by atoms with van der Waals surface area (Å²) in [5, 5.41) is 5.40. The largest absolute Gasteiger partial charge is 0.469 e. The summed E-state index contributed by atoms with van der Waals surface area (Å²) in [6, 6.07) is 7.09. The molecule has 6 heteroatoms. The predicted molar refractivity (Wildman–Crippen MR) is 70.7 cm³/mol. The van der Waals surface area contributed by atoms with Crippen LogP contribution >= 0.6 is 15.9 Å². The number of halogens is 1. The Hall–Kier alpha value is -1.69. The van der Waals surface area contributed by atoms with Crippen molar-refractivity contribution in [2.24, 2.45) is 0 Å². The van der Waals surface area contributed by atoms with Gasteiger partial charge < -0.3 is 4.74 Å². The van der Waals surface area contributed by atoms with Gasteiger partial charge >= 0.3 is 5.97 Å². The van der Waals surface area contributed by atoms with Gasteiger partial charge in [0.25, 0.3) is 5.56 Å². The van der Waals surface area contributed by atoms with Crippen molar-refractivity contribution in [3.63, 3.8) is 0 Å². The standard InChI is InChI=1S/C12H11BrN2O3/c1-18-11(16)6-10-8-4-2-3-5-9(8)12(17)15(7-13)14-10/h2-5H,6-7H2,1H3. The first-order valence-electron chi connectivity index (χ1n) is 5.29. The van der Waals surface area contributed by atoms with E-state index in [1.54, 1.807) is 18.2 Å². The number of alkyl halides is 1. The fourth-order valence-corrected chi connectivity index (χ4v) is 2.07. The molecule has 0 radical (unpaired) electrons. The molecule has 0 saturated heterocycles. The van der Waals surface area contributed by atoms with E-state index in [1.807, 2.05) is 6.07 Å². The lowest BCUT2D eigenvalue weighted by Gasteiger charge is -2.08. The first-order chi connectivity index (χ1) is 8.67. The van der Waals surface area contributed by atoms with E-state index in [2.05, 4.69) is 25.8 Å². The van der Waals surface area contributed by atoms with Crippen LogP contribution in [0.1, 0.15) is 5.69 Å². The Morgan fingerprint density at radius 1 is 1.39 bits per heavy atom. The average Bonchev–Trinajstić information content (AvgIpc) is 2.41. The number of carbonyl (C=O) groups excluding carboxylic acids is 1. The second kappa shape index (κ2) is 5.30. The van der Waals surface area contributed by atoms with Gasteiger partial charge in [0.2, 0.25) is 0 Å². The van der Waals surface area contributed by atoms with E-state index < -0.39 is 0 Å². The maximum absolute atomic E-state index is 12.0. The van der Waals surface area contributed by atoms with Crippen LogP contribution in [0.2, 0.25) is 0 Å². The molecule has 5 nitrogen and oxygen atoms in total. The Morgan fingerprint density at radius 2 is 2.06 bits per heavy atom. The number of hydrogen-bond acceptors (Lipinski definition) is 4. The zero-order chi connectivity index (χ0) is 13.1. The number of fused-ring (bicyclic) bond motifs is 1. The molecule has 0 aliphatic carbocycles. The van der Waals surface area contributed by atoms with Gasteiger partial charge in [-0.1, -0.05) is 34.1 Å². The van der Waals surface area contributed by atoms with Crippen LogP contribution in [0.4, 0.5) is 0 Å². The van der Waals surface area contributed by atoms with Crippen molar-refractivity contribution in [2.75, 3.05) is 7.11 Å². The minimum Gasteiger partial charge on any atom is -0.469 e. The molecule has 0 N–H and O–H groups in total. The summed E-state index contributed by atoms with van der Waals surface area (Å²) in [7, 11) is 1.32. The zero-order valence-corrected chi connectivity index (χ0v) is 11.3. The number of rotatable bonds is 3. The third kappa shape index (κ3) is 2.28. The van der Waals surface area contributed by atoms with Gasteiger partial charge in [0.05, 0.1) is 30.1 Å². The number of carbonyl (C=O) groups is 1. The Balaban J connectivity index is 2.68. The zero-order valence-electron chi connectivity index (χ0n) is 9.72. The van der Waals surface area contributed by atoms with Crippen molar-refractivity contribution in [1.82, 2.24) is 9.78 Å². The molecule has 2 aromatic rings. The van der Waals surface area contributed by atoms with Crippen molar-refractivity contribution >= 4 is 32.7 Å². The summed E-state index contributed by atoms with van der Waals surface area (Å²) in [6.45, 7) is 0. The van der Waals surface area contributed by atoms with Crippen molar-refractivity contribution in [3.8, 4) is 0 Å². The van der Waals surface area contributed by atoms with Crippen molar-refractivity contribution in [2.45, 2.75) is 11.9 Å². The fourth-order valence-electron chi connectivity index (χ4n) is 1.73. The molecule has 1 heterocycles. The van der Waals surface area contributed by atoms with Gasteiger partial charge in [0, 0.05) is 5.39 Å². The molecule has 94 valence electrons. The number of nitrogens with zero attached hydrogens (tertiary/aromatic N) is 2. The number of ether oxygens (including phenoxy) is 1. The second-order valence-corrected chi connectivity index (χ2v) is 4.17. The smallest absolute Gasteiger partial charge is 0.311 e. The maximum atomic E-state index is 12.0. The van der Waals surface area contributed by atoms with E-state index in [9.17, 15) is 9.59 Å². The molecule has 0 aliphatic heterocycles. The molecule has 18 heavy (non-hydrogen) atoms. The highest BCUT2D eigenvalue weighted by atomic mass is 79.9. The Labute approximate surface area is 111 Å². The SMILES string of the molecule is COC(=O)Cc1nn(CBr)c(=O)c2ccccc12. The molecule has 2 rings (SSSR count). The van der Waals surface area contributed by atoms with Crippen LogP contribution in [0.3, 0.4) is 0 Å². The van der Waals surface area contributed by atoms with Crippen LogP contribution in [0.15, 0.2) is 29.1 Å². The molecule has 0 saturated carbocycles. The van der Waals surface area contributed by atoms with Crippen molar-refractivity contribution in [3.05, 3.63) is 40.3 Å². The van der Waals surface area contributed by atoms with Gasteiger partial charge in [0.1, 0.15) is 0 Å². The van der Waals surface area contributed by atoms with Gasteiger partial charge in [0.15, 0.2) is 0 Å². The molecular formula is C12H11BrN2O3. The van der Waals surface area contributed by atoms with E-state index in [1.165, 1.54) is 11.8 Å². The van der Waals surface area contributed by atoms with Crippen LogP contribution < -0.4 is 5.56 Å². The number of esters is 1. The molecule has 0 fully saturated rings. The Morgan fingerprint density at radius 3 is 2.67 bits per heavy atom. The average molecular weight is 311 g/mol. The molecular weight excluding hydrogens is 300 g/mol. The van der Waals surface area contributed by atoms with Gasteiger partial charge in [-0.05, 0) is 6.07 Å². The third-order valence-corrected chi connectivity index (χ3v) is 3.07. The molecule has 0 spiro atoms. The summed E-state index contributed by atoms with van der Waals surface area (Å²) in [6.07, 6.45) is 0.0459. The third-order valence-electron chi connectivity index (χ3n) is 2.60. The second-order valence-electron chi connectivity index (χ2n) is 3.67. The lowest BCUT2D eigenvalue weighted by atomic mass is 10.1. The van der Waals surface area contributed by atoms with Gasteiger partial charge in [-0.15, -0.1) is 0 Å². The van der Waals surface area contributed by atoms with Gasteiger partial charge in [-0.2, -0.15) is 5.10 Å². The summed E-state index contributed by atoms with van der Waals surface area (Å²) >= 11 is 3.20. The molecule has 0 atom stereocenters. The van der Waals surface area contributed by atoms with Crippen LogP contribution in [0.25, 0.3) is 10.8 Å². The monoisotopic (exact) mass is 310 g/mol. The molecule has 0 aliphatic rings. The van der Waals surface area contributed by atoms with E-state index in [0.29, 0.717) is 16.5 Å². The molecule has 0 bridgehead atoms. The highest BCUT2D eigenvalue weighted by Gasteiger charge is 2.12. The highest BCUT2D eigenvalue weighted by molar-refractivity contribution is 9.08. The molecule has 0 unspecified atom stereocenters. The minimum absolute atomic E-state index is 0.0459. The van der Waals surface area contributed by atoms with Crippen LogP contribution in [-0.4, -0.2) is 22.9 Å². The summed E-state index contributed by atoms with van der Waals surface area (Å²) in [5.41, 5.74) is 0.637. The number of aromatic nitrogens is 2. The Bertz CT molecular complexity index is 651. The van der Waals surface area contributed by atoms with Gasteiger partial charge in [-0.25, -0.2) is 4.68 Å². The van der Waals surface area contributed by atoms with Crippen LogP contribution in [0.5, 0.6) is 0 Å². The molecule has 0 amide bonds. The van der Waals surface area contributed by atoms with Crippen LogP contribution in [-0.2, 0) is 21.4 Å². The van der Waals surface area contributed by atoms with Crippen molar-refractivity contribution in [1.29, 1.82) is 0 Å².